The van der Waals surface area contributed by atoms with Gasteiger partial charge in [-0.2, -0.15) is 0 Å². The van der Waals surface area contributed by atoms with Gasteiger partial charge in [0.25, 0.3) is 5.91 Å². The van der Waals surface area contributed by atoms with Crippen LogP contribution in [0.4, 0.5) is 5.82 Å². The van der Waals surface area contributed by atoms with E-state index in [-0.39, 0.29) is 12.0 Å². The molecule has 3 atom stereocenters. The number of anilines is 1. The maximum Gasteiger partial charge on any atom is 0.256 e. The van der Waals surface area contributed by atoms with Crippen LogP contribution in [-0.4, -0.2) is 55.4 Å². The van der Waals surface area contributed by atoms with E-state index in [1.54, 1.807) is 14.0 Å². The number of hydrogen-bond acceptors (Lipinski definition) is 6. The fraction of sp³-hybridized carbons (Fsp3) is 0.600. The second kappa shape index (κ2) is 10.1. The highest BCUT2D eigenvalue weighted by Crippen LogP contribution is 2.28. The summed E-state index contributed by atoms with van der Waals surface area (Å²) in [5.74, 6) is 0.514. The number of ether oxygens (including phenoxy) is 1. The third kappa shape index (κ3) is 5.22. The third-order valence-corrected chi connectivity index (χ3v) is 6.77. The fourth-order valence-corrected chi connectivity index (χ4v) is 5.09. The first-order chi connectivity index (χ1) is 15.4. The summed E-state index contributed by atoms with van der Waals surface area (Å²) in [6.45, 7) is 5.33. The molecule has 1 aromatic carbocycles. The number of rotatable bonds is 6. The van der Waals surface area contributed by atoms with E-state index in [4.69, 9.17) is 15.5 Å². The predicted octanol–water partition coefficient (Wildman–Crippen LogP) is 3.09. The Hall–Kier alpha value is -2.22. The van der Waals surface area contributed by atoms with Crippen LogP contribution in [-0.2, 0) is 4.74 Å². The first-order valence-electron chi connectivity index (χ1n) is 12.0. The smallest absolute Gasteiger partial charge is 0.256 e. The monoisotopic (exact) mass is 439 g/mol. The van der Waals surface area contributed by atoms with Crippen molar-refractivity contribution in [1.82, 2.24) is 15.6 Å². The van der Waals surface area contributed by atoms with Crippen LogP contribution in [0, 0.1) is 6.92 Å². The second-order valence-electron chi connectivity index (χ2n) is 9.43. The maximum atomic E-state index is 13.0. The minimum atomic E-state index is -0.430. The van der Waals surface area contributed by atoms with Crippen molar-refractivity contribution in [3.05, 3.63) is 35.4 Å². The Labute approximate surface area is 191 Å². The van der Waals surface area contributed by atoms with Gasteiger partial charge in [0, 0.05) is 37.7 Å². The number of pyridine rings is 1. The van der Waals surface area contributed by atoms with Gasteiger partial charge in [0.05, 0.1) is 23.3 Å². The van der Waals surface area contributed by atoms with Crippen LogP contribution in [0.3, 0.4) is 0 Å². The van der Waals surface area contributed by atoms with Crippen molar-refractivity contribution in [2.45, 2.75) is 76.7 Å². The standard InChI is InChI=1S/C25H37N5O2/c1-16-9-10-21-18(13-16)14-20(25(31)27-17(2)26)24(29-21)30-12-11-22(23(15-30)32-3)28-19-7-5-4-6-8-19/h9-10,13-14,17,19,22-23,28H,4-8,11-12,15,26H2,1-3H3,(H,27,31). The summed E-state index contributed by atoms with van der Waals surface area (Å²) in [4.78, 5) is 20.1. The first-order valence-corrected chi connectivity index (χ1v) is 12.0. The topological polar surface area (TPSA) is 92.5 Å². The largest absolute Gasteiger partial charge is 0.378 e. The lowest BCUT2D eigenvalue weighted by Crippen LogP contribution is -2.56. The molecule has 3 unspecified atom stereocenters. The number of methoxy groups -OCH3 is 1. The molecule has 1 amide bonds. The zero-order valence-electron chi connectivity index (χ0n) is 19.6. The van der Waals surface area contributed by atoms with Crippen molar-refractivity contribution in [2.75, 3.05) is 25.1 Å². The number of amides is 1. The molecule has 1 aliphatic heterocycles. The Morgan fingerprint density at radius 2 is 2.00 bits per heavy atom. The molecule has 0 spiro atoms. The van der Waals surface area contributed by atoms with E-state index in [1.807, 2.05) is 19.1 Å². The second-order valence-corrected chi connectivity index (χ2v) is 9.43. The van der Waals surface area contributed by atoms with Crippen LogP contribution in [0.5, 0.6) is 0 Å². The number of nitrogens with zero attached hydrogens (tertiary/aromatic N) is 2. The van der Waals surface area contributed by atoms with Gasteiger partial charge >= 0.3 is 0 Å². The molecule has 7 nitrogen and oxygen atoms in total. The van der Waals surface area contributed by atoms with Crippen LogP contribution >= 0.6 is 0 Å². The number of carbonyl (C=O) groups excluding carboxylic acids is 1. The quantitative estimate of drug-likeness (QED) is 0.599. The number of aryl methyl sites for hydroxylation is 1. The van der Waals surface area contributed by atoms with Crippen LogP contribution in [0.25, 0.3) is 10.9 Å². The number of fused-ring (bicyclic) bond motifs is 1. The Morgan fingerprint density at radius 1 is 1.22 bits per heavy atom. The molecule has 0 radical (unpaired) electrons. The maximum absolute atomic E-state index is 13.0. The first kappa shape index (κ1) is 23.0. The van der Waals surface area contributed by atoms with Gasteiger partial charge in [0.2, 0.25) is 0 Å². The van der Waals surface area contributed by atoms with Crippen LogP contribution in [0.1, 0.15) is 61.4 Å². The van der Waals surface area contributed by atoms with E-state index in [0.717, 1.165) is 29.4 Å². The van der Waals surface area contributed by atoms with Crippen molar-refractivity contribution in [1.29, 1.82) is 0 Å². The molecule has 7 heteroatoms. The molecular formula is C25H37N5O2. The van der Waals surface area contributed by atoms with E-state index in [1.165, 1.54) is 32.1 Å². The Morgan fingerprint density at radius 3 is 2.72 bits per heavy atom. The van der Waals surface area contributed by atoms with E-state index in [2.05, 4.69) is 27.7 Å². The summed E-state index contributed by atoms with van der Waals surface area (Å²) >= 11 is 0. The van der Waals surface area contributed by atoms with E-state index >= 15 is 0 Å². The molecule has 32 heavy (non-hydrogen) atoms. The van der Waals surface area contributed by atoms with Gasteiger partial charge in [0.15, 0.2) is 0 Å². The number of benzene rings is 1. The summed E-state index contributed by atoms with van der Waals surface area (Å²) in [5.41, 5.74) is 8.44. The highest BCUT2D eigenvalue weighted by molar-refractivity contribution is 6.02. The molecule has 1 aliphatic carbocycles. The Balaban J connectivity index is 1.60. The van der Waals surface area contributed by atoms with Gasteiger partial charge in [-0.15, -0.1) is 0 Å². The van der Waals surface area contributed by atoms with Crippen molar-refractivity contribution < 1.29 is 9.53 Å². The average molecular weight is 440 g/mol. The SMILES string of the molecule is COC1CN(c2nc3ccc(C)cc3cc2C(=O)NC(C)N)CCC1NC1CCCCC1. The van der Waals surface area contributed by atoms with Crippen LogP contribution in [0.2, 0.25) is 0 Å². The molecule has 1 saturated heterocycles. The predicted molar refractivity (Wildman–Crippen MR) is 129 cm³/mol. The number of nitrogens with one attached hydrogen (secondary N) is 2. The zero-order valence-corrected chi connectivity index (χ0v) is 19.6. The van der Waals surface area contributed by atoms with Gasteiger partial charge in [0.1, 0.15) is 5.82 Å². The normalized spacial score (nSPS) is 23.3. The summed E-state index contributed by atoms with van der Waals surface area (Å²) in [5, 5.41) is 7.66. The highest BCUT2D eigenvalue weighted by Gasteiger charge is 2.33. The molecule has 174 valence electrons. The summed E-state index contributed by atoms with van der Waals surface area (Å²) < 4.78 is 5.91. The number of nitrogens with two attached hydrogens (primary N) is 1. The molecule has 1 saturated carbocycles. The molecule has 2 fully saturated rings. The lowest BCUT2D eigenvalue weighted by atomic mass is 9.92. The van der Waals surface area contributed by atoms with Gasteiger partial charge < -0.3 is 26.0 Å². The molecular weight excluding hydrogens is 402 g/mol. The molecule has 4 N–H and O–H groups in total. The molecule has 4 rings (SSSR count). The summed E-state index contributed by atoms with van der Waals surface area (Å²) in [6.07, 6.45) is 7.06. The molecule has 2 aromatic rings. The third-order valence-electron chi connectivity index (χ3n) is 6.77. The number of piperidine rings is 1. The number of hydrogen-bond donors (Lipinski definition) is 3. The minimum Gasteiger partial charge on any atom is -0.378 e. The van der Waals surface area contributed by atoms with Gasteiger partial charge in [-0.25, -0.2) is 4.98 Å². The van der Waals surface area contributed by atoms with Crippen molar-refractivity contribution in [3.63, 3.8) is 0 Å². The van der Waals surface area contributed by atoms with E-state index in [0.29, 0.717) is 30.0 Å². The lowest BCUT2D eigenvalue weighted by Gasteiger charge is -2.41. The van der Waals surface area contributed by atoms with Gasteiger partial charge in [-0.3, -0.25) is 4.79 Å². The number of carbonyl (C=O) groups is 1. The summed E-state index contributed by atoms with van der Waals surface area (Å²) in [7, 11) is 1.78. The number of aromatic nitrogens is 1. The lowest BCUT2D eigenvalue weighted by molar-refractivity contribution is 0.0533. The van der Waals surface area contributed by atoms with E-state index in [9.17, 15) is 4.79 Å². The van der Waals surface area contributed by atoms with Gasteiger partial charge in [-0.1, -0.05) is 30.9 Å². The summed E-state index contributed by atoms with van der Waals surface area (Å²) in [6, 6.07) is 8.99. The highest BCUT2D eigenvalue weighted by atomic mass is 16.5. The molecule has 0 bridgehead atoms. The van der Waals surface area contributed by atoms with Crippen molar-refractivity contribution in [2.24, 2.45) is 5.73 Å². The Kier molecular flexibility index (Phi) is 7.28. The van der Waals surface area contributed by atoms with Crippen molar-refractivity contribution in [3.8, 4) is 0 Å². The molecule has 2 aliphatic rings. The van der Waals surface area contributed by atoms with Gasteiger partial charge in [-0.05, 0) is 51.3 Å². The van der Waals surface area contributed by atoms with Crippen LogP contribution in [0.15, 0.2) is 24.3 Å². The fourth-order valence-electron chi connectivity index (χ4n) is 5.09. The zero-order chi connectivity index (χ0) is 22.7. The average Bonchev–Trinajstić information content (AvgIpc) is 2.78. The van der Waals surface area contributed by atoms with Crippen LogP contribution < -0.4 is 21.3 Å². The molecule has 1 aromatic heterocycles. The molecule has 2 heterocycles. The Bertz CT molecular complexity index is 941. The minimum absolute atomic E-state index is 0.0468. The van der Waals surface area contributed by atoms with E-state index < -0.39 is 6.17 Å². The van der Waals surface area contributed by atoms with Crippen molar-refractivity contribution >= 4 is 22.6 Å².